The molecule has 5 heteroatoms. The van der Waals surface area contributed by atoms with Gasteiger partial charge in [0.25, 0.3) is 0 Å². The van der Waals surface area contributed by atoms with E-state index in [1.54, 1.807) is 5.54 Å². The minimum absolute atomic E-state index is 0.249. The first-order valence-corrected chi connectivity index (χ1v) is 7.52. The maximum Gasteiger partial charge on any atom is 0.320 e. The van der Waals surface area contributed by atoms with Crippen LogP contribution in [0.25, 0.3) is 0 Å². The number of likely N-dealkylation sites (tertiary alicyclic amines) is 2. The van der Waals surface area contributed by atoms with Gasteiger partial charge in [-0.25, -0.2) is 0 Å². The van der Waals surface area contributed by atoms with Gasteiger partial charge < -0.3 is 5.11 Å². The van der Waals surface area contributed by atoms with Crippen molar-refractivity contribution < 1.29 is 9.90 Å². The summed E-state index contributed by atoms with van der Waals surface area (Å²) in [5.41, 5.74) is 2.83. The third-order valence-corrected chi connectivity index (χ3v) is 4.64. The second kappa shape index (κ2) is 6.73. The van der Waals surface area contributed by atoms with Gasteiger partial charge in [0.05, 0.1) is 0 Å². The molecule has 19 heavy (non-hydrogen) atoms. The molecule has 4 nitrogen and oxygen atoms in total. The third kappa shape index (κ3) is 3.71. The van der Waals surface area contributed by atoms with Gasteiger partial charge in [-0.05, 0) is 57.8 Å². The van der Waals surface area contributed by atoms with E-state index in [0.717, 1.165) is 51.9 Å². The average molecular weight is 287 g/mol. The molecule has 0 spiro atoms. The van der Waals surface area contributed by atoms with E-state index in [2.05, 4.69) is 9.80 Å². The monoisotopic (exact) mass is 286 g/mol. The summed E-state index contributed by atoms with van der Waals surface area (Å²) in [6, 6.07) is 0.196. The zero-order valence-electron chi connectivity index (χ0n) is 11.5. The Kier molecular flexibility index (Phi) is 5.25. The highest BCUT2D eigenvalue weighted by molar-refractivity contribution is 6.25. The highest BCUT2D eigenvalue weighted by atomic mass is 35.5. The highest BCUT2D eigenvalue weighted by Crippen LogP contribution is 2.26. The number of hydrogen-bond donors (Lipinski definition) is 1. The lowest BCUT2D eigenvalue weighted by Gasteiger charge is -2.38. The van der Waals surface area contributed by atoms with Crippen molar-refractivity contribution in [2.24, 2.45) is 0 Å². The van der Waals surface area contributed by atoms with Crippen LogP contribution in [0, 0.1) is 0 Å². The van der Waals surface area contributed by atoms with Gasteiger partial charge in [-0.2, -0.15) is 0 Å². The Balaban J connectivity index is 1.84. The molecule has 108 valence electrons. The number of carboxylic acid groups (broad SMARTS) is 1. The Hall–Kier alpha value is -0.580. The Morgan fingerprint density at radius 1 is 1.32 bits per heavy atom. The Morgan fingerprint density at radius 3 is 2.58 bits per heavy atom. The molecule has 2 fully saturated rings. The lowest BCUT2D eigenvalue weighted by atomic mass is 10.0. The van der Waals surface area contributed by atoms with Gasteiger partial charge in [0, 0.05) is 18.1 Å². The van der Waals surface area contributed by atoms with Gasteiger partial charge in [-0.15, -0.1) is 0 Å². The van der Waals surface area contributed by atoms with Crippen LogP contribution in [0.5, 0.6) is 0 Å². The van der Waals surface area contributed by atoms with E-state index in [1.165, 1.54) is 5.57 Å². The van der Waals surface area contributed by atoms with Crippen LogP contribution in [0.1, 0.15) is 32.6 Å². The normalized spacial score (nSPS) is 27.9. The van der Waals surface area contributed by atoms with E-state index in [-0.39, 0.29) is 6.04 Å². The number of aliphatic carboxylic acids is 1. The van der Waals surface area contributed by atoms with E-state index < -0.39 is 5.97 Å². The van der Waals surface area contributed by atoms with Crippen LogP contribution in [-0.2, 0) is 4.79 Å². The van der Waals surface area contributed by atoms with Crippen LogP contribution in [0.3, 0.4) is 0 Å². The van der Waals surface area contributed by atoms with Gasteiger partial charge >= 0.3 is 5.97 Å². The summed E-state index contributed by atoms with van der Waals surface area (Å²) in [7, 11) is 0. The molecule has 0 aromatic rings. The van der Waals surface area contributed by atoms with E-state index >= 15 is 0 Å². The number of nitrogens with zero attached hydrogens (tertiary/aromatic N) is 2. The van der Waals surface area contributed by atoms with Crippen molar-refractivity contribution in [1.29, 1.82) is 0 Å². The average Bonchev–Trinajstić information content (AvgIpc) is 2.89. The van der Waals surface area contributed by atoms with Crippen LogP contribution < -0.4 is 0 Å². The highest BCUT2D eigenvalue weighted by Gasteiger charge is 2.36. The number of hydrogen-bond acceptors (Lipinski definition) is 3. The number of piperidine rings is 1. The summed E-state index contributed by atoms with van der Waals surface area (Å²) in [6.45, 7) is 5.99. The molecule has 2 heterocycles. The van der Waals surface area contributed by atoms with Crippen molar-refractivity contribution in [2.75, 3.05) is 26.2 Å². The molecule has 0 aromatic heterocycles. The minimum Gasteiger partial charge on any atom is -0.480 e. The first-order chi connectivity index (χ1) is 9.11. The van der Waals surface area contributed by atoms with Gasteiger partial charge in [0.2, 0.25) is 0 Å². The fourth-order valence-corrected chi connectivity index (χ4v) is 3.36. The van der Waals surface area contributed by atoms with Crippen molar-refractivity contribution in [3.05, 3.63) is 11.1 Å². The molecule has 1 atom stereocenters. The van der Waals surface area contributed by atoms with E-state index in [0.29, 0.717) is 6.04 Å². The van der Waals surface area contributed by atoms with Crippen molar-refractivity contribution in [3.63, 3.8) is 0 Å². The second-order valence-electron chi connectivity index (χ2n) is 5.70. The van der Waals surface area contributed by atoms with Gasteiger partial charge in [-0.3, -0.25) is 14.6 Å². The maximum absolute atomic E-state index is 11.2. The van der Waals surface area contributed by atoms with E-state index in [1.807, 2.05) is 6.92 Å². The second-order valence-corrected chi connectivity index (χ2v) is 5.92. The Bertz CT molecular complexity index is 351. The number of carboxylic acids is 1. The van der Waals surface area contributed by atoms with Crippen molar-refractivity contribution in [3.8, 4) is 0 Å². The summed E-state index contributed by atoms with van der Waals surface area (Å²) in [5.74, 6) is -0.652. The molecule has 0 saturated carbocycles. The number of rotatable bonds is 4. The molecule has 1 N–H and O–H groups in total. The molecule has 2 rings (SSSR count). The lowest BCUT2D eigenvalue weighted by molar-refractivity contribution is -0.143. The first-order valence-electron chi connectivity index (χ1n) is 7.08. The zero-order chi connectivity index (χ0) is 13.8. The number of carbonyl (C=O) groups is 1. The predicted octanol–water partition coefficient (Wildman–Crippen LogP) is 2.14. The summed E-state index contributed by atoms with van der Waals surface area (Å²) in [5, 5.41) is 9.24. The SMILES string of the molecule is CC(=CCl)CN1CCC(N2CCCC2C(=O)O)CC1. The van der Waals surface area contributed by atoms with Crippen LogP contribution in [0.2, 0.25) is 0 Å². The Labute approximate surface area is 120 Å². The standard InChI is InChI=1S/C14H23ClN2O2/c1-11(9-15)10-16-7-4-12(5-8-16)17-6-2-3-13(17)14(18)19/h9,12-13H,2-8,10H2,1H3,(H,18,19). The summed E-state index contributed by atoms with van der Waals surface area (Å²) < 4.78 is 0. The van der Waals surface area contributed by atoms with Crippen molar-refractivity contribution in [2.45, 2.75) is 44.7 Å². The van der Waals surface area contributed by atoms with Gasteiger partial charge in [-0.1, -0.05) is 11.6 Å². The minimum atomic E-state index is -0.652. The molecule has 1 unspecified atom stereocenters. The topological polar surface area (TPSA) is 43.8 Å². The summed E-state index contributed by atoms with van der Waals surface area (Å²) >= 11 is 5.70. The molecular formula is C14H23ClN2O2. The summed E-state index contributed by atoms with van der Waals surface area (Å²) in [4.78, 5) is 15.8. The fourth-order valence-electron chi connectivity index (χ4n) is 3.29. The predicted molar refractivity (Wildman–Crippen MR) is 76.4 cm³/mol. The molecule has 2 aliphatic rings. The van der Waals surface area contributed by atoms with Crippen molar-refractivity contribution >= 4 is 17.6 Å². The summed E-state index contributed by atoms with van der Waals surface area (Å²) in [6.07, 6.45) is 3.97. The molecule has 0 aromatic carbocycles. The first kappa shape index (κ1) is 14.8. The van der Waals surface area contributed by atoms with E-state index in [4.69, 9.17) is 11.6 Å². The molecule has 2 aliphatic heterocycles. The zero-order valence-corrected chi connectivity index (χ0v) is 12.3. The van der Waals surface area contributed by atoms with Crippen LogP contribution in [0.4, 0.5) is 0 Å². The van der Waals surface area contributed by atoms with Crippen LogP contribution >= 0.6 is 11.6 Å². The fraction of sp³-hybridized carbons (Fsp3) is 0.786. The van der Waals surface area contributed by atoms with E-state index in [9.17, 15) is 9.90 Å². The molecular weight excluding hydrogens is 264 g/mol. The largest absolute Gasteiger partial charge is 0.480 e. The van der Waals surface area contributed by atoms with Crippen molar-refractivity contribution in [1.82, 2.24) is 9.80 Å². The Morgan fingerprint density at radius 2 is 2.00 bits per heavy atom. The molecule has 0 aliphatic carbocycles. The molecule has 2 saturated heterocycles. The lowest BCUT2D eigenvalue weighted by Crippen LogP contribution is -2.49. The number of halogens is 1. The maximum atomic E-state index is 11.2. The smallest absolute Gasteiger partial charge is 0.320 e. The quantitative estimate of drug-likeness (QED) is 0.860. The van der Waals surface area contributed by atoms with Crippen LogP contribution in [0.15, 0.2) is 11.1 Å². The van der Waals surface area contributed by atoms with Gasteiger partial charge in [0.15, 0.2) is 0 Å². The van der Waals surface area contributed by atoms with Gasteiger partial charge in [0.1, 0.15) is 6.04 Å². The molecule has 0 amide bonds. The third-order valence-electron chi connectivity index (χ3n) is 4.26. The molecule has 0 radical (unpaired) electrons. The van der Waals surface area contributed by atoms with Crippen LogP contribution in [-0.4, -0.2) is 59.1 Å². The molecule has 0 bridgehead atoms.